The number of alkyl halides is 2. The lowest BCUT2D eigenvalue weighted by Crippen LogP contribution is -2.26. The van der Waals surface area contributed by atoms with E-state index in [4.69, 9.17) is 9.15 Å². The van der Waals surface area contributed by atoms with Gasteiger partial charge in [0.1, 0.15) is 11.3 Å². The summed E-state index contributed by atoms with van der Waals surface area (Å²) in [6, 6.07) is 13.9. The smallest absolute Gasteiger partial charge is 0.387 e. The van der Waals surface area contributed by atoms with Gasteiger partial charge in [-0.15, -0.1) is 0 Å². The topological polar surface area (TPSA) is 60.7 Å². The molecule has 0 bridgehead atoms. The van der Waals surface area contributed by atoms with Crippen LogP contribution in [0.2, 0.25) is 0 Å². The van der Waals surface area contributed by atoms with E-state index in [0.29, 0.717) is 6.42 Å². The molecule has 7 heteroatoms. The third-order valence-corrected chi connectivity index (χ3v) is 3.78. The maximum absolute atomic E-state index is 12.6. The number of hydrogen-bond acceptors (Lipinski definition) is 4. The Kier molecular flexibility index (Phi) is 5.36. The van der Waals surface area contributed by atoms with E-state index in [1.54, 1.807) is 0 Å². The molecule has 26 heavy (non-hydrogen) atoms. The van der Waals surface area contributed by atoms with Crippen molar-refractivity contribution < 1.29 is 27.5 Å². The Bertz CT molecular complexity index is 874. The number of halogens is 2. The Morgan fingerprint density at radius 2 is 2.00 bits per heavy atom. The van der Waals surface area contributed by atoms with Crippen molar-refractivity contribution in [2.24, 2.45) is 0 Å². The Hall–Kier alpha value is -3.09. The molecule has 1 aromatic heterocycles. The number of ether oxygens (including phenoxy) is 2. The van der Waals surface area contributed by atoms with E-state index < -0.39 is 12.5 Å². The molecule has 3 rings (SSSR count). The summed E-state index contributed by atoms with van der Waals surface area (Å²) in [5.74, 6) is -0.0293. The number of fused-ring (bicyclic) bond motifs is 1. The molecule has 0 aliphatic rings. The average molecular weight is 361 g/mol. The quantitative estimate of drug-likeness (QED) is 0.691. The van der Waals surface area contributed by atoms with Crippen molar-refractivity contribution in [2.45, 2.75) is 13.0 Å². The number of hydrogen-bond donors (Lipinski definition) is 1. The van der Waals surface area contributed by atoms with Gasteiger partial charge in [-0.1, -0.05) is 24.3 Å². The van der Waals surface area contributed by atoms with Crippen molar-refractivity contribution in [3.05, 3.63) is 59.9 Å². The zero-order valence-corrected chi connectivity index (χ0v) is 14.0. The molecule has 3 aromatic rings. The summed E-state index contributed by atoms with van der Waals surface area (Å²) in [7, 11) is 1.32. The minimum atomic E-state index is -3.06. The number of nitrogens with one attached hydrogen (secondary N) is 1. The number of methoxy groups -OCH3 is 1. The van der Waals surface area contributed by atoms with Gasteiger partial charge in [0.2, 0.25) is 0 Å². The summed E-state index contributed by atoms with van der Waals surface area (Å²) in [6.45, 7) is -2.78. The highest BCUT2D eigenvalue weighted by Gasteiger charge is 2.20. The Morgan fingerprint density at radius 1 is 1.19 bits per heavy atom. The van der Waals surface area contributed by atoms with Gasteiger partial charge in [0.15, 0.2) is 11.5 Å². The summed E-state index contributed by atoms with van der Waals surface area (Å²) in [5.41, 5.74) is 0.753. The second-order valence-corrected chi connectivity index (χ2v) is 5.47. The van der Waals surface area contributed by atoms with Crippen molar-refractivity contribution in [1.29, 1.82) is 0 Å². The molecule has 0 aliphatic carbocycles. The molecule has 0 radical (unpaired) electrons. The number of furan rings is 1. The fraction of sp³-hybridized carbons (Fsp3) is 0.211. The predicted molar refractivity (Wildman–Crippen MR) is 91.9 cm³/mol. The van der Waals surface area contributed by atoms with Crippen LogP contribution < -0.4 is 14.8 Å². The molecule has 1 heterocycles. The van der Waals surface area contributed by atoms with Crippen LogP contribution in [0.1, 0.15) is 16.1 Å². The molecule has 0 fully saturated rings. The van der Waals surface area contributed by atoms with Crippen LogP contribution in [0.5, 0.6) is 11.5 Å². The van der Waals surface area contributed by atoms with Gasteiger partial charge in [-0.2, -0.15) is 8.78 Å². The minimum absolute atomic E-state index is 0.0192. The van der Waals surface area contributed by atoms with E-state index in [-0.39, 0.29) is 23.6 Å². The summed E-state index contributed by atoms with van der Waals surface area (Å²) < 4.78 is 40.4. The molecule has 0 unspecified atom stereocenters. The summed E-state index contributed by atoms with van der Waals surface area (Å²) in [5, 5.41) is 3.66. The van der Waals surface area contributed by atoms with Crippen LogP contribution in [0.25, 0.3) is 11.0 Å². The monoisotopic (exact) mass is 361 g/mol. The van der Waals surface area contributed by atoms with Crippen LogP contribution in [0.3, 0.4) is 0 Å². The van der Waals surface area contributed by atoms with E-state index in [0.717, 1.165) is 16.7 Å². The Morgan fingerprint density at radius 3 is 2.73 bits per heavy atom. The van der Waals surface area contributed by atoms with Crippen molar-refractivity contribution >= 4 is 16.9 Å². The number of amides is 1. The van der Waals surface area contributed by atoms with Gasteiger partial charge >= 0.3 is 6.61 Å². The standard InChI is InChI=1S/C19H17F2NO4/c1-24-16-8-4-6-14(17(16)26-19(20)21)18(23)22-10-9-13-11-12-5-2-3-7-15(12)25-13/h2-8,11,19H,9-10H2,1H3,(H,22,23). The van der Waals surface area contributed by atoms with E-state index >= 15 is 0 Å². The second kappa shape index (κ2) is 7.86. The lowest BCUT2D eigenvalue weighted by Gasteiger charge is -2.14. The molecule has 0 saturated carbocycles. The maximum atomic E-state index is 12.6. The highest BCUT2D eigenvalue weighted by Crippen LogP contribution is 2.32. The first kappa shape index (κ1) is 17.7. The van der Waals surface area contributed by atoms with Crippen LogP contribution in [0, 0.1) is 0 Å². The van der Waals surface area contributed by atoms with Gasteiger partial charge in [0, 0.05) is 18.4 Å². The number of carbonyl (C=O) groups excluding carboxylic acids is 1. The lowest BCUT2D eigenvalue weighted by molar-refractivity contribution is -0.0515. The molecule has 0 atom stereocenters. The van der Waals surface area contributed by atoms with Gasteiger partial charge < -0.3 is 19.2 Å². The highest BCUT2D eigenvalue weighted by molar-refractivity contribution is 5.97. The fourth-order valence-electron chi connectivity index (χ4n) is 2.62. The van der Waals surface area contributed by atoms with E-state index in [9.17, 15) is 13.6 Å². The van der Waals surface area contributed by atoms with Gasteiger partial charge in [0.05, 0.1) is 12.7 Å². The van der Waals surface area contributed by atoms with E-state index in [1.807, 2.05) is 30.3 Å². The van der Waals surface area contributed by atoms with Crippen LogP contribution in [-0.4, -0.2) is 26.2 Å². The predicted octanol–water partition coefficient (Wildman–Crippen LogP) is 4.02. The number of rotatable bonds is 7. The molecular formula is C19H17F2NO4. The summed E-state index contributed by atoms with van der Waals surface area (Å²) in [6.07, 6.45) is 0.468. The minimum Gasteiger partial charge on any atom is -0.493 e. The highest BCUT2D eigenvalue weighted by atomic mass is 19.3. The molecule has 0 spiro atoms. The zero-order chi connectivity index (χ0) is 18.5. The largest absolute Gasteiger partial charge is 0.493 e. The maximum Gasteiger partial charge on any atom is 0.387 e. The SMILES string of the molecule is COc1cccc(C(=O)NCCc2cc3ccccc3o2)c1OC(F)F. The van der Waals surface area contributed by atoms with Crippen molar-refractivity contribution in [3.63, 3.8) is 0 Å². The molecule has 136 valence electrons. The van der Waals surface area contributed by atoms with E-state index in [2.05, 4.69) is 10.1 Å². The number of para-hydroxylation sites is 2. The molecule has 0 aliphatic heterocycles. The first-order valence-electron chi connectivity index (χ1n) is 7.96. The van der Waals surface area contributed by atoms with Gasteiger partial charge in [-0.25, -0.2) is 0 Å². The van der Waals surface area contributed by atoms with Gasteiger partial charge in [-0.3, -0.25) is 4.79 Å². The van der Waals surface area contributed by atoms with Crippen molar-refractivity contribution in [1.82, 2.24) is 5.32 Å². The molecule has 0 saturated heterocycles. The first-order chi connectivity index (χ1) is 12.6. The third-order valence-electron chi connectivity index (χ3n) is 3.78. The summed E-state index contributed by atoms with van der Waals surface area (Å²) in [4.78, 5) is 12.4. The van der Waals surface area contributed by atoms with Crippen LogP contribution in [-0.2, 0) is 6.42 Å². The average Bonchev–Trinajstić information content (AvgIpc) is 3.04. The molecular weight excluding hydrogens is 344 g/mol. The Labute approximate surface area is 148 Å². The first-order valence-corrected chi connectivity index (χ1v) is 7.96. The van der Waals surface area contributed by atoms with Crippen LogP contribution in [0.15, 0.2) is 52.9 Å². The normalized spacial score (nSPS) is 10.9. The zero-order valence-electron chi connectivity index (χ0n) is 14.0. The number of benzene rings is 2. The summed E-state index contributed by atoms with van der Waals surface area (Å²) >= 11 is 0. The number of carbonyl (C=O) groups is 1. The molecule has 2 aromatic carbocycles. The van der Waals surface area contributed by atoms with Crippen molar-refractivity contribution in [2.75, 3.05) is 13.7 Å². The second-order valence-electron chi connectivity index (χ2n) is 5.47. The van der Waals surface area contributed by atoms with E-state index in [1.165, 1.54) is 25.3 Å². The van der Waals surface area contributed by atoms with Crippen molar-refractivity contribution in [3.8, 4) is 11.5 Å². The fourth-order valence-corrected chi connectivity index (χ4v) is 2.62. The molecule has 1 N–H and O–H groups in total. The Balaban J connectivity index is 1.68. The van der Waals surface area contributed by atoms with Crippen LogP contribution >= 0.6 is 0 Å². The van der Waals surface area contributed by atoms with Crippen LogP contribution in [0.4, 0.5) is 8.78 Å². The van der Waals surface area contributed by atoms with Gasteiger partial charge in [0.25, 0.3) is 5.91 Å². The lowest BCUT2D eigenvalue weighted by atomic mass is 10.1. The molecule has 5 nitrogen and oxygen atoms in total. The third kappa shape index (κ3) is 3.93. The van der Waals surface area contributed by atoms with Gasteiger partial charge in [-0.05, 0) is 24.3 Å². The molecule has 1 amide bonds.